The van der Waals surface area contributed by atoms with Crippen LogP contribution in [0.1, 0.15) is 62.2 Å². The average Bonchev–Trinajstić information content (AvgIpc) is 2.92. The first kappa shape index (κ1) is 24.2. The molecule has 9 nitrogen and oxygen atoms in total. The number of amides is 1. The van der Waals surface area contributed by atoms with Gasteiger partial charge in [-0.1, -0.05) is 15.9 Å². The maximum Gasteiger partial charge on any atom is 0.412 e. The molecule has 1 aliphatic heterocycles. The number of ether oxygens (including phenoxy) is 4. The molecular formula is C20H28BrNO8. The highest BCUT2D eigenvalue weighted by Gasteiger charge is 2.46. The lowest BCUT2D eigenvalue weighted by Gasteiger charge is -2.35. The van der Waals surface area contributed by atoms with Gasteiger partial charge in [-0.3, -0.25) is 9.69 Å². The second-order valence-electron chi connectivity index (χ2n) is 8.33. The molecule has 1 amide bonds. The van der Waals surface area contributed by atoms with Gasteiger partial charge in [0.05, 0.1) is 31.7 Å². The first-order valence-electron chi connectivity index (χ1n) is 9.41. The fraction of sp³-hybridized carbons (Fsp3) is 0.650. The number of nitrogens with zero attached hydrogens (tertiary/aromatic N) is 1. The van der Waals surface area contributed by atoms with E-state index in [0.717, 1.165) is 0 Å². The summed E-state index contributed by atoms with van der Waals surface area (Å²) < 4.78 is 26.6. The van der Waals surface area contributed by atoms with Crippen molar-refractivity contribution in [2.75, 3.05) is 20.8 Å². The average molecular weight is 490 g/mol. The fourth-order valence-corrected chi connectivity index (χ4v) is 3.82. The van der Waals surface area contributed by atoms with Crippen molar-refractivity contribution < 1.29 is 33.0 Å². The molecule has 0 spiro atoms. The minimum atomic E-state index is -0.863. The minimum absolute atomic E-state index is 0.204. The molecule has 1 fully saturated rings. The third kappa shape index (κ3) is 5.34. The second kappa shape index (κ2) is 8.97. The van der Waals surface area contributed by atoms with Gasteiger partial charge in [-0.25, -0.2) is 9.59 Å². The normalized spacial score (nSPS) is 19.3. The monoisotopic (exact) mass is 489 g/mol. The number of alkyl halides is 1. The summed E-state index contributed by atoms with van der Waals surface area (Å²) in [7, 11) is 2.44. The Hall–Kier alpha value is -2.07. The number of rotatable bonds is 5. The van der Waals surface area contributed by atoms with E-state index in [4.69, 9.17) is 18.6 Å². The van der Waals surface area contributed by atoms with Gasteiger partial charge in [-0.2, -0.15) is 0 Å². The first-order chi connectivity index (χ1) is 13.8. The number of esters is 1. The number of carbonyl (C=O) groups is 2. The molecule has 0 N–H and O–H groups in total. The van der Waals surface area contributed by atoms with Crippen LogP contribution in [0.2, 0.25) is 0 Å². The summed E-state index contributed by atoms with van der Waals surface area (Å²) >= 11 is 3.50. The summed E-state index contributed by atoms with van der Waals surface area (Å²) in [6, 6.07) is 0.886. The van der Waals surface area contributed by atoms with Crippen LogP contribution in [0, 0.1) is 0 Å². The Morgan fingerprint density at radius 2 is 1.97 bits per heavy atom. The number of hydrogen-bond acceptors (Lipinski definition) is 8. The minimum Gasteiger partial charge on any atom is -0.489 e. The van der Waals surface area contributed by atoms with Crippen LogP contribution >= 0.6 is 15.9 Å². The lowest BCUT2D eigenvalue weighted by molar-refractivity contribution is -0.0627. The van der Waals surface area contributed by atoms with Crippen molar-refractivity contribution >= 4 is 28.0 Å². The molecule has 0 saturated carbocycles. The van der Waals surface area contributed by atoms with Crippen molar-refractivity contribution in [1.29, 1.82) is 0 Å². The van der Waals surface area contributed by atoms with Gasteiger partial charge in [0.1, 0.15) is 17.1 Å². The smallest absolute Gasteiger partial charge is 0.412 e. The quantitative estimate of drug-likeness (QED) is 0.455. The first-order valence-corrected chi connectivity index (χ1v) is 10.3. The predicted octanol–water partition coefficient (Wildman–Crippen LogP) is 3.63. The van der Waals surface area contributed by atoms with Crippen molar-refractivity contribution in [1.82, 2.24) is 4.90 Å². The molecule has 2 heterocycles. The standard InChI is InChI=1S/C20H28BrNO8/c1-19(2,3)30-18(25)22-11(10-28-20(22,4)5)8-12(21)14-9-13(23)15(26-6)16(29-14)17(24)27-7/h9,11-12H,8,10H2,1-7H3/t11-,12?/m0/s1. The van der Waals surface area contributed by atoms with Gasteiger partial charge in [0.2, 0.25) is 11.2 Å². The van der Waals surface area contributed by atoms with Crippen LogP contribution in [0.4, 0.5) is 4.79 Å². The van der Waals surface area contributed by atoms with Crippen molar-refractivity contribution in [3.63, 3.8) is 0 Å². The van der Waals surface area contributed by atoms with Crippen LogP contribution in [0.5, 0.6) is 5.75 Å². The molecule has 30 heavy (non-hydrogen) atoms. The second-order valence-corrected chi connectivity index (χ2v) is 9.44. The maximum atomic E-state index is 12.8. The Morgan fingerprint density at radius 1 is 1.33 bits per heavy atom. The molecule has 10 heteroatoms. The van der Waals surface area contributed by atoms with E-state index in [0.29, 0.717) is 6.42 Å². The highest BCUT2D eigenvalue weighted by atomic mass is 79.9. The molecule has 1 aromatic heterocycles. The van der Waals surface area contributed by atoms with Gasteiger partial charge in [-0.05, 0) is 41.0 Å². The van der Waals surface area contributed by atoms with Crippen LogP contribution in [-0.4, -0.2) is 55.2 Å². The van der Waals surface area contributed by atoms with Crippen LogP contribution in [-0.2, 0) is 14.2 Å². The summed E-state index contributed by atoms with van der Waals surface area (Å²) in [6.45, 7) is 9.21. The molecule has 1 saturated heterocycles. The zero-order valence-corrected chi connectivity index (χ0v) is 19.8. The van der Waals surface area contributed by atoms with Crippen molar-refractivity contribution in [3.05, 3.63) is 27.8 Å². The molecule has 1 aliphatic rings. The predicted molar refractivity (Wildman–Crippen MR) is 111 cm³/mol. The van der Waals surface area contributed by atoms with E-state index in [1.54, 1.807) is 34.6 Å². The Morgan fingerprint density at radius 3 is 2.50 bits per heavy atom. The van der Waals surface area contributed by atoms with Crippen molar-refractivity contribution in [2.45, 2.75) is 63.2 Å². The highest BCUT2D eigenvalue weighted by molar-refractivity contribution is 9.09. The number of carbonyl (C=O) groups excluding carboxylic acids is 2. The lowest BCUT2D eigenvalue weighted by atomic mass is 10.1. The number of halogens is 1. The molecule has 2 rings (SSSR count). The van der Waals surface area contributed by atoms with Gasteiger partial charge >= 0.3 is 12.1 Å². The largest absolute Gasteiger partial charge is 0.489 e. The SMILES string of the molecule is COC(=O)c1oc(C(Br)C[C@H]2COC(C)(C)N2C(=O)OC(C)(C)C)cc(=O)c1OC. The summed E-state index contributed by atoms with van der Waals surface area (Å²) in [5.74, 6) is -1.17. The molecule has 2 atom stereocenters. The highest BCUT2D eigenvalue weighted by Crippen LogP contribution is 2.37. The molecular weight excluding hydrogens is 462 g/mol. The van der Waals surface area contributed by atoms with Crippen LogP contribution in [0.3, 0.4) is 0 Å². The Balaban J connectivity index is 2.31. The van der Waals surface area contributed by atoms with Crippen LogP contribution in [0.25, 0.3) is 0 Å². The van der Waals surface area contributed by atoms with E-state index in [9.17, 15) is 14.4 Å². The van der Waals surface area contributed by atoms with Gasteiger partial charge in [-0.15, -0.1) is 0 Å². The summed E-state index contributed by atoms with van der Waals surface area (Å²) in [4.78, 5) is 38.2. The number of hydrogen-bond donors (Lipinski definition) is 0. The van der Waals surface area contributed by atoms with E-state index in [1.165, 1.54) is 25.2 Å². The zero-order valence-electron chi connectivity index (χ0n) is 18.2. The van der Waals surface area contributed by atoms with Gasteiger partial charge in [0.25, 0.3) is 5.76 Å². The molecule has 0 aliphatic carbocycles. The van der Waals surface area contributed by atoms with Crippen LogP contribution < -0.4 is 10.2 Å². The van der Waals surface area contributed by atoms with Gasteiger partial charge < -0.3 is 23.4 Å². The van der Waals surface area contributed by atoms with E-state index < -0.39 is 33.6 Å². The fourth-order valence-electron chi connectivity index (χ4n) is 3.17. The van der Waals surface area contributed by atoms with Crippen LogP contribution in [0.15, 0.2) is 15.3 Å². The van der Waals surface area contributed by atoms with Gasteiger partial charge in [0, 0.05) is 6.07 Å². The van der Waals surface area contributed by atoms with Crippen molar-refractivity contribution in [2.24, 2.45) is 0 Å². The summed E-state index contributed by atoms with van der Waals surface area (Å²) in [6.07, 6.45) is -0.153. The summed E-state index contributed by atoms with van der Waals surface area (Å²) in [5, 5.41) is 0. The molecule has 0 bridgehead atoms. The summed E-state index contributed by atoms with van der Waals surface area (Å²) in [5.41, 5.74) is -2.04. The molecule has 168 valence electrons. The molecule has 0 aromatic carbocycles. The Kier molecular flexibility index (Phi) is 7.24. The molecule has 0 radical (unpaired) electrons. The lowest BCUT2D eigenvalue weighted by Crippen LogP contribution is -2.50. The molecule has 1 unspecified atom stereocenters. The Bertz CT molecular complexity index is 857. The third-order valence-electron chi connectivity index (χ3n) is 4.45. The van der Waals surface area contributed by atoms with E-state index in [-0.39, 0.29) is 29.9 Å². The Labute approximate surface area is 183 Å². The van der Waals surface area contributed by atoms with E-state index in [2.05, 4.69) is 20.7 Å². The molecule has 1 aromatic rings. The van der Waals surface area contributed by atoms with Crippen molar-refractivity contribution in [3.8, 4) is 5.75 Å². The van der Waals surface area contributed by atoms with E-state index >= 15 is 0 Å². The topological polar surface area (TPSA) is 105 Å². The van der Waals surface area contributed by atoms with E-state index in [1.807, 2.05) is 0 Å². The zero-order chi connectivity index (χ0) is 22.9. The third-order valence-corrected chi connectivity index (χ3v) is 5.28. The number of methoxy groups -OCH3 is 2. The van der Waals surface area contributed by atoms with Gasteiger partial charge in [0.15, 0.2) is 0 Å². The maximum absolute atomic E-state index is 12.8.